The number of carbonyl (C=O) groups excluding carboxylic acids is 1. The molecule has 2 aromatic rings. The number of benzene rings is 1. The van der Waals surface area contributed by atoms with Crippen LogP contribution in [0.2, 0.25) is 0 Å². The molecule has 0 fully saturated rings. The standard InChI is InChI=1S/C15H17FN2O/c1-10-14(11(2)18(3)17-10)8-9-15(19)12-4-6-13(16)7-5-12/h4-7H,8-9H2,1-3H3. The third-order valence-electron chi connectivity index (χ3n) is 3.43. The lowest BCUT2D eigenvalue weighted by atomic mass is 10.0. The second-order valence-corrected chi connectivity index (χ2v) is 4.70. The van der Waals surface area contributed by atoms with Crippen LogP contribution in [0.3, 0.4) is 0 Å². The van der Waals surface area contributed by atoms with Crippen molar-refractivity contribution < 1.29 is 9.18 Å². The predicted octanol–water partition coefficient (Wildman–Crippen LogP) is 2.99. The summed E-state index contributed by atoms with van der Waals surface area (Å²) in [6.45, 7) is 3.95. The van der Waals surface area contributed by atoms with Gasteiger partial charge in [-0.3, -0.25) is 9.48 Å². The molecular formula is C15H17FN2O. The van der Waals surface area contributed by atoms with Crippen molar-refractivity contribution in [3.63, 3.8) is 0 Å². The lowest BCUT2D eigenvalue weighted by Crippen LogP contribution is -2.02. The Morgan fingerprint density at radius 3 is 2.42 bits per heavy atom. The van der Waals surface area contributed by atoms with E-state index in [1.165, 1.54) is 24.3 Å². The first kappa shape index (κ1) is 13.5. The molecule has 0 bridgehead atoms. The summed E-state index contributed by atoms with van der Waals surface area (Å²) in [7, 11) is 1.90. The molecule has 0 radical (unpaired) electrons. The van der Waals surface area contributed by atoms with Crippen LogP contribution in [0.5, 0.6) is 0 Å². The Morgan fingerprint density at radius 2 is 1.89 bits per heavy atom. The van der Waals surface area contributed by atoms with Crippen molar-refractivity contribution in [2.24, 2.45) is 7.05 Å². The van der Waals surface area contributed by atoms with Crippen LogP contribution < -0.4 is 0 Å². The van der Waals surface area contributed by atoms with E-state index in [-0.39, 0.29) is 11.6 Å². The number of rotatable bonds is 4. The maximum atomic E-state index is 12.8. The highest BCUT2D eigenvalue weighted by atomic mass is 19.1. The normalized spacial score (nSPS) is 10.7. The number of hydrogen-bond donors (Lipinski definition) is 0. The fourth-order valence-electron chi connectivity index (χ4n) is 2.20. The molecule has 100 valence electrons. The maximum Gasteiger partial charge on any atom is 0.163 e. The largest absolute Gasteiger partial charge is 0.294 e. The van der Waals surface area contributed by atoms with Crippen molar-refractivity contribution in [3.8, 4) is 0 Å². The van der Waals surface area contributed by atoms with Gasteiger partial charge < -0.3 is 0 Å². The molecule has 0 aliphatic rings. The van der Waals surface area contributed by atoms with E-state index in [1.807, 2.05) is 25.6 Å². The summed E-state index contributed by atoms with van der Waals surface area (Å²) in [5.74, 6) is -0.293. The number of aryl methyl sites for hydroxylation is 2. The Bertz CT molecular complexity index is 599. The van der Waals surface area contributed by atoms with Gasteiger partial charge in [0.05, 0.1) is 5.69 Å². The van der Waals surface area contributed by atoms with Gasteiger partial charge >= 0.3 is 0 Å². The van der Waals surface area contributed by atoms with Crippen LogP contribution in [0.4, 0.5) is 4.39 Å². The quantitative estimate of drug-likeness (QED) is 0.792. The highest BCUT2D eigenvalue weighted by Crippen LogP contribution is 2.16. The average Bonchev–Trinajstić information content (AvgIpc) is 2.62. The number of hydrogen-bond acceptors (Lipinski definition) is 2. The third kappa shape index (κ3) is 2.89. The molecule has 0 N–H and O–H groups in total. The van der Waals surface area contributed by atoms with Crippen molar-refractivity contribution in [1.82, 2.24) is 9.78 Å². The van der Waals surface area contributed by atoms with Gasteiger partial charge in [0.15, 0.2) is 5.78 Å². The fraction of sp³-hybridized carbons (Fsp3) is 0.333. The van der Waals surface area contributed by atoms with Crippen LogP contribution >= 0.6 is 0 Å². The van der Waals surface area contributed by atoms with Crippen molar-refractivity contribution >= 4 is 5.78 Å². The molecule has 2 rings (SSSR count). The van der Waals surface area contributed by atoms with Crippen LogP contribution in [0, 0.1) is 19.7 Å². The predicted molar refractivity (Wildman–Crippen MR) is 71.7 cm³/mol. The topological polar surface area (TPSA) is 34.9 Å². The van der Waals surface area contributed by atoms with E-state index in [1.54, 1.807) is 0 Å². The molecule has 0 aliphatic carbocycles. The van der Waals surface area contributed by atoms with Crippen LogP contribution in [-0.4, -0.2) is 15.6 Å². The van der Waals surface area contributed by atoms with Crippen molar-refractivity contribution in [2.75, 3.05) is 0 Å². The van der Waals surface area contributed by atoms with E-state index < -0.39 is 0 Å². The molecule has 4 heteroatoms. The van der Waals surface area contributed by atoms with E-state index >= 15 is 0 Å². The summed E-state index contributed by atoms with van der Waals surface area (Å²) in [5, 5.41) is 4.33. The molecule has 0 saturated heterocycles. The van der Waals surface area contributed by atoms with Gasteiger partial charge in [-0.25, -0.2) is 4.39 Å². The molecular weight excluding hydrogens is 243 g/mol. The summed E-state index contributed by atoms with van der Waals surface area (Å²) in [5.41, 5.74) is 3.73. The maximum absolute atomic E-state index is 12.8. The minimum atomic E-state index is -0.324. The van der Waals surface area contributed by atoms with Crippen LogP contribution in [0.1, 0.15) is 33.7 Å². The van der Waals surface area contributed by atoms with Gasteiger partial charge in [0.25, 0.3) is 0 Å². The molecule has 0 unspecified atom stereocenters. The third-order valence-corrected chi connectivity index (χ3v) is 3.43. The monoisotopic (exact) mass is 260 g/mol. The van der Waals surface area contributed by atoms with E-state index in [2.05, 4.69) is 5.10 Å². The molecule has 3 nitrogen and oxygen atoms in total. The van der Waals surface area contributed by atoms with E-state index in [4.69, 9.17) is 0 Å². The van der Waals surface area contributed by atoms with Crippen molar-refractivity contribution in [3.05, 3.63) is 52.6 Å². The van der Waals surface area contributed by atoms with Gasteiger partial charge in [0.1, 0.15) is 5.82 Å². The molecule has 0 spiro atoms. The second-order valence-electron chi connectivity index (χ2n) is 4.70. The van der Waals surface area contributed by atoms with Crippen LogP contribution in [0.25, 0.3) is 0 Å². The van der Waals surface area contributed by atoms with Crippen molar-refractivity contribution in [2.45, 2.75) is 26.7 Å². The molecule has 19 heavy (non-hydrogen) atoms. The first-order chi connectivity index (χ1) is 8.99. The SMILES string of the molecule is Cc1nn(C)c(C)c1CCC(=O)c1ccc(F)cc1. The zero-order valence-electron chi connectivity index (χ0n) is 11.4. The van der Waals surface area contributed by atoms with Gasteiger partial charge in [-0.15, -0.1) is 0 Å². The minimum absolute atomic E-state index is 0.0302. The number of carbonyl (C=O) groups is 1. The first-order valence-electron chi connectivity index (χ1n) is 6.27. The van der Waals surface area contributed by atoms with Gasteiger partial charge in [0.2, 0.25) is 0 Å². The molecule has 1 aromatic heterocycles. The zero-order chi connectivity index (χ0) is 14.0. The van der Waals surface area contributed by atoms with Crippen molar-refractivity contribution in [1.29, 1.82) is 0 Å². The molecule has 0 aliphatic heterocycles. The van der Waals surface area contributed by atoms with Gasteiger partial charge in [-0.1, -0.05) is 0 Å². The molecule has 0 saturated carbocycles. The number of halogens is 1. The number of ketones is 1. The van der Waals surface area contributed by atoms with Gasteiger partial charge in [0, 0.05) is 24.7 Å². The highest BCUT2D eigenvalue weighted by Gasteiger charge is 2.12. The molecule has 0 amide bonds. The number of Topliss-reactive ketones (excluding diaryl/α,β-unsaturated/α-hetero) is 1. The minimum Gasteiger partial charge on any atom is -0.294 e. The van der Waals surface area contributed by atoms with Gasteiger partial charge in [-0.2, -0.15) is 5.10 Å². The van der Waals surface area contributed by atoms with Gasteiger partial charge in [-0.05, 0) is 50.1 Å². The number of nitrogens with zero attached hydrogens (tertiary/aromatic N) is 2. The summed E-state index contributed by atoms with van der Waals surface area (Å²) < 4.78 is 14.6. The Morgan fingerprint density at radius 1 is 1.26 bits per heavy atom. The van der Waals surface area contributed by atoms with E-state index in [9.17, 15) is 9.18 Å². The van der Waals surface area contributed by atoms with Crippen LogP contribution in [-0.2, 0) is 13.5 Å². The van der Waals surface area contributed by atoms with Crippen LogP contribution in [0.15, 0.2) is 24.3 Å². The summed E-state index contributed by atoms with van der Waals surface area (Å²) in [6.07, 6.45) is 1.08. The first-order valence-corrected chi connectivity index (χ1v) is 6.27. The lowest BCUT2D eigenvalue weighted by molar-refractivity contribution is 0.0983. The fourth-order valence-corrected chi connectivity index (χ4v) is 2.20. The Balaban J connectivity index is 2.06. The summed E-state index contributed by atoms with van der Waals surface area (Å²) in [4.78, 5) is 12.0. The number of aromatic nitrogens is 2. The smallest absolute Gasteiger partial charge is 0.163 e. The lowest BCUT2D eigenvalue weighted by Gasteiger charge is -2.03. The second kappa shape index (κ2) is 5.34. The zero-order valence-corrected chi connectivity index (χ0v) is 11.4. The highest BCUT2D eigenvalue weighted by molar-refractivity contribution is 5.96. The molecule has 1 heterocycles. The Kier molecular flexibility index (Phi) is 3.79. The molecule has 0 atom stereocenters. The van der Waals surface area contributed by atoms with E-state index in [0.717, 1.165) is 17.0 Å². The summed E-state index contributed by atoms with van der Waals surface area (Å²) >= 11 is 0. The average molecular weight is 260 g/mol. The molecule has 1 aromatic carbocycles. The Hall–Kier alpha value is -1.97. The Labute approximate surface area is 112 Å². The summed E-state index contributed by atoms with van der Waals surface area (Å²) in [6, 6.07) is 5.68. The van der Waals surface area contributed by atoms with E-state index in [0.29, 0.717) is 18.4 Å².